The fourth-order valence-electron chi connectivity index (χ4n) is 3.35. The lowest BCUT2D eigenvalue weighted by Crippen LogP contribution is -2.31. The van der Waals surface area contributed by atoms with Gasteiger partial charge in [0, 0.05) is 44.0 Å². The lowest BCUT2D eigenvalue weighted by molar-refractivity contribution is 0.0678. The van der Waals surface area contributed by atoms with E-state index >= 15 is 0 Å². The normalized spacial score (nSPS) is 17.8. The van der Waals surface area contributed by atoms with E-state index in [0.29, 0.717) is 6.54 Å². The number of ether oxygens (including phenoxy) is 1. The van der Waals surface area contributed by atoms with Crippen molar-refractivity contribution in [3.63, 3.8) is 0 Å². The molecule has 0 amide bonds. The van der Waals surface area contributed by atoms with E-state index in [2.05, 4.69) is 23.8 Å². The maximum absolute atomic E-state index is 13.5. The molecule has 1 aromatic heterocycles. The van der Waals surface area contributed by atoms with E-state index < -0.39 is 0 Å². The van der Waals surface area contributed by atoms with Crippen LogP contribution in [0.5, 0.6) is 0 Å². The van der Waals surface area contributed by atoms with Gasteiger partial charge in [0.25, 0.3) is 0 Å². The second-order valence-electron chi connectivity index (χ2n) is 6.51. The molecule has 1 atom stereocenters. The molecule has 0 saturated carbocycles. The average molecular weight is 331 g/mol. The number of hydrogen-bond acceptors (Lipinski definition) is 3. The van der Waals surface area contributed by atoms with Gasteiger partial charge >= 0.3 is 0 Å². The summed E-state index contributed by atoms with van der Waals surface area (Å²) < 4.78 is 21.3. The summed E-state index contributed by atoms with van der Waals surface area (Å²) in [5.74, 6) is -0.181. The van der Waals surface area contributed by atoms with Crippen molar-refractivity contribution in [2.75, 3.05) is 13.2 Å². The van der Waals surface area contributed by atoms with Crippen LogP contribution in [0.4, 0.5) is 4.39 Å². The predicted molar refractivity (Wildman–Crippen MR) is 92.1 cm³/mol. The average Bonchev–Trinajstić information content (AvgIpc) is 3.18. The Balaban J connectivity index is 1.74. The third kappa shape index (κ3) is 4.22. The standard InChI is InChI=1S/C19H26FN3O/c1-3-23-15(2)17(11-21-23)13-22(14-19-8-5-9-24-19)12-16-6-4-7-18(20)10-16/h4,6-7,10-11,19H,3,5,8-9,12-14H2,1-2H3. The Morgan fingerprint density at radius 3 is 2.92 bits per heavy atom. The number of hydrogen-bond donors (Lipinski definition) is 0. The minimum Gasteiger partial charge on any atom is -0.377 e. The van der Waals surface area contributed by atoms with Gasteiger partial charge in [-0.25, -0.2) is 4.39 Å². The van der Waals surface area contributed by atoms with Crippen molar-refractivity contribution < 1.29 is 9.13 Å². The Kier molecular flexibility index (Phi) is 5.63. The first-order chi connectivity index (χ1) is 11.7. The van der Waals surface area contributed by atoms with Gasteiger partial charge in [0.2, 0.25) is 0 Å². The quantitative estimate of drug-likeness (QED) is 0.777. The van der Waals surface area contributed by atoms with Crippen molar-refractivity contribution in [3.8, 4) is 0 Å². The first-order valence-corrected chi connectivity index (χ1v) is 8.75. The van der Waals surface area contributed by atoms with Crippen LogP contribution in [0.1, 0.15) is 36.6 Å². The highest BCUT2D eigenvalue weighted by Crippen LogP contribution is 2.19. The summed E-state index contributed by atoms with van der Waals surface area (Å²) in [4.78, 5) is 2.34. The molecule has 3 rings (SSSR count). The van der Waals surface area contributed by atoms with Crippen LogP contribution in [0.25, 0.3) is 0 Å². The van der Waals surface area contributed by atoms with E-state index in [1.807, 2.05) is 16.9 Å². The molecule has 0 spiro atoms. The SMILES string of the molecule is CCn1ncc(CN(Cc2cccc(F)c2)CC2CCCO2)c1C. The third-order valence-electron chi connectivity index (χ3n) is 4.68. The van der Waals surface area contributed by atoms with Crippen molar-refractivity contribution in [2.45, 2.75) is 52.4 Å². The minimum atomic E-state index is -0.181. The van der Waals surface area contributed by atoms with Crippen molar-refractivity contribution in [3.05, 3.63) is 53.1 Å². The van der Waals surface area contributed by atoms with Gasteiger partial charge in [0.15, 0.2) is 0 Å². The number of aromatic nitrogens is 2. The Bertz CT molecular complexity index is 664. The van der Waals surface area contributed by atoms with Gasteiger partial charge in [-0.1, -0.05) is 12.1 Å². The number of benzene rings is 1. The van der Waals surface area contributed by atoms with Crippen molar-refractivity contribution >= 4 is 0 Å². The molecule has 2 aromatic rings. The maximum atomic E-state index is 13.5. The van der Waals surface area contributed by atoms with E-state index in [-0.39, 0.29) is 11.9 Å². The van der Waals surface area contributed by atoms with Gasteiger partial charge in [-0.05, 0) is 44.4 Å². The largest absolute Gasteiger partial charge is 0.377 e. The van der Waals surface area contributed by atoms with E-state index in [9.17, 15) is 4.39 Å². The van der Waals surface area contributed by atoms with Gasteiger partial charge in [-0.3, -0.25) is 9.58 Å². The smallest absolute Gasteiger partial charge is 0.123 e. The predicted octanol–water partition coefficient (Wildman–Crippen LogP) is 3.53. The fourth-order valence-corrected chi connectivity index (χ4v) is 3.35. The van der Waals surface area contributed by atoms with Gasteiger partial charge in [0.05, 0.1) is 12.3 Å². The molecule has 1 unspecified atom stereocenters. The van der Waals surface area contributed by atoms with Crippen molar-refractivity contribution in [1.82, 2.24) is 14.7 Å². The lowest BCUT2D eigenvalue weighted by Gasteiger charge is -2.25. The van der Waals surface area contributed by atoms with Crippen molar-refractivity contribution in [1.29, 1.82) is 0 Å². The molecule has 0 radical (unpaired) electrons. The molecule has 1 aliphatic heterocycles. The molecule has 0 N–H and O–H groups in total. The first kappa shape index (κ1) is 17.1. The molecule has 5 heteroatoms. The summed E-state index contributed by atoms with van der Waals surface area (Å²) in [6.07, 6.45) is 4.46. The lowest BCUT2D eigenvalue weighted by atomic mass is 10.1. The van der Waals surface area contributed by atoms with Crippen LogP contribution in [-0.2, 0) is 24.4 Å². The minimum absolute atomic E-state index is 0.181. The number of rotatable bonds is 7. The number of nitrogens with zero attached hydrogens (tertiary/aromatic N) is 3. The zero-order chi connectivity index (χ0) is 16.9. The Hall–Kier alpha value is -1.72. The summed E-state index contributed by atoms with van der Waals surface area (Å²) >= 11 is 0. The summed E-state index contributed by atoms with van der Waals surface area (Å²) in [7, 11) is 0. The van der Waals surface area contributed by atoms with E-state index in [1.165, 1.54) is 17.3 Å². The molecule has 2 heterocycles. The Morgan fingerprint density at radius 2 is 2.25 bits per heavy atom. The molecule has 1 fully saturated rings. The summed E-state index contributed by atoms with van der Waals surface area (Å²) in [6.45, 7) is 8.33. The molecule has 1 aromatic carbocycles. The Labute approximate surface area is 143 Å². The summed E-state index contributed by atoms with van der Waals surface area (Å²) in [5, 5.41) is 4.44. The molecule has 0 bridgehead atoms. The summed E-state index contributed by atoms with van der Waals surface area (Å²) in [5.41, 5.74) is 3.42. The molecular weight excluding hydrogens is 305 g/mol. The van der Waals surface area contributed by atoms with Crippen LogP contribution >= 0.6 is 0 Å². The van der Waals surface area contributed by atoms with Crippen LogP contribution < -0.4 is 0 Å². The van der Waals surface area contributed by atoms with E-state index in [4.69, 9.17) is 4.74 Å². The zero-order valence-electron chi connectivity index (χ0n) is 14.5. The second-order valence-corrected chi connectivity index (χ2v) is 6.51. The first-order valence-electron chi connectivity index (χ1n) is 8.75. The van der Waals surface area contributed by atoms with Gasteiger partial charge in [0.1, 0.15) is 5.82 Å². The Morgan fingerprint density at radius 1 is 1.38 bits per heavy atom. The van der Waals surface area contributed by atoms with Crippen LogP contribution in [0, 0.1) is 12.7 Å². The third-order valence-corrected chi connectivity index (χ3v) is 4.68. The molecule has 130 valence electrons. The second kappa shape index (κ2) is 7.90. The zero-order valence-corrected chi connectivity index (χ0v) is 14.5. The highest BCUT2D eigenvalue weighted by Gasteiger charge is 2.21. The molecule has 0 aliphatic carbocycles. The topological polar surface area (TPSA) is 30.3 Å². The molecule has 24 heavy (non-hydrogen) atoms. The summed E-state index contributed by atoms with van der Waals surface area (Å²) in [6, 6.07) is 6.86. The van der Waals surface area contributed by atoms with Gasteiger partial charge < -0.3 is 4.74 Å². The van der Waals surface area contributed by atoms with Crippen LogP contribution in [0.15, 0.2) is 30.5 Å². The molecular formula is C19H26FN3O. The van der Waals surface area contributed by atoms with Gasteiger partial charge in [-0.2, -0.15) is 5.10 Å². The highest BCUT2D eigenvalue weighted by molar-refractivity contribution is 5.18. The highest BCUT2D eigenvalue weighted by atomic mass is 19.1. The number of halogens is 1. The maximum Gasteiger partial charge on any atom is 0.123 e. The molecule has 1 aliphatic rings. The van der Waals surface area contributed by atoms with Gasteiger partial charge in [-0.15, -0.1) is 0 Å². The van der Waals surface area contributed by atoms with E-state index in [0.717, 1.165) is 44.6 Å². The van der Waals surface area contributed by atoms with Crippen LogP contribution in [0.3, 0.4) is 0 Å². The molecule has 4 nitrogen and oxygen atoms in total. The van der Waals surface area contributed by atoms with E-state index in [1.54, 1.807) is 12.1 Å². The monoisotopic (exact) mass is 331 g/mol. The number of aryl methyl sites for hydroxylation is 1. The van der Waals surface area contributed by atoms with Crippen LogP contribution in [-0.4, -0.2) is 33.9 Å². The fraction of sp³-hybridized carbons (Fsp3) is 0.526. The molecule has 1 saturated heterocycles. The van der Waals surface area contributed by atoms with Crippen LogP contribution in [0.2, 0.25) is 0 Å². The van der Waals surface area contributed by atoms with Crippen molar-refractivity contribution in [2.24, 2.45) is 0 Å².